The van der Waals surface area contributed by atoms with Crippen LogP contribution in [0.1, 0.15) is 23.6 Å². The summed E-state index contributed by atoms with van der Waals surface area (Å²) < 4.78 is 1.98. The number of aromatic nitrogens is 3. The van der Waals surface area contributed by atoms with Gasteiger partial charge in [0.25, 0.3) is 0 Å². The average Bonchev–Trinajstić information content (AvgIpc) is 3.23. The van der Waals surface area contributed by atoms with Gasteiger partial charge in [0.15, 0.2) is 0 Å². The van der Waals surface area contributed by atoms with Gasteiger partial charge in [-0.05, 0) is 34.7 Å². The van der Waals surface area contributed by atoms with Crippen molar-refractivity contribution in [1.82, 2.24) is 19.9 Å². The summed E-state index contributed by atoms with van der Waals surface area (Å²) in [6, 6.07) is 19.0. The minimum Gasteiger partial charge on any atom is -0.384 e. The van der Waals surface area contributed by atoms with Crippen LogP contribution < -0.4 is 10.6 Å². The molecule has 0 saturated heterocycles. The van der Waals surface area contributed by atoms with Crippen LogP contribution >= 0.6 is 0 Å². The van der Waals surface area contributed by atoms with Crippen molar-refractivity contribution in [3.63, 3.8) is 0 Å². The molecule has 0 radical (unpaired) electrons. The molecule has 2 heterocycles. The van der Waals surface area contributed by atoms with Gasteiger partial charge in [-0.2, -0.15) is 0 Å². The van der Waals surface area contributed by atoms with Crippen LogP contribution in [0, 0.1) is 0 Å². The molecule has 32 heavy (non-hydrogen) atoms. The number of anilines is 2. The van der Waals surface area contributed by atoms with Crippen LogP contribution in [0.4, 0.5) is 11.6 Å². The third-order valence-electron chi connectivity index (χ3n) is 5.47. The van der Waals surface area contributed by atoms with Crippen molar-refractivity contribution in [2.45, 2.75) is 26.3 Å². The Morgan fingerprint density at radius 2 is 1.66 bits per heavy atom. The van der Waals surface area contributed by atoms with E-state index in [0.717, 1.165) is 41.9 Å². The van der Waals surface area contributed by atoms with Crippen molar-refractivity contribution in [2.75, 3.05) is 5.32 Å². The zero-order valence-corrected chi connectivity index (χ0v) is 18.7. The standard InChI is InChI=1S/C27H29N5/c1-4-22-7-5-6-8-24(22)16-28-20(2)15-21-9-11-23(12-10-21)25-17-29-27(30-18-25)31-26-13-14-32(3)19-26/h5-14,17-19,28H,2,4,15-16H2,1,3H3,(H,29,30,31). The first-order valence-electron chi connectivity index (χ1n) is 10.9. The highest BCUT2D eigenvalue weighted by Gasteiger charge is 2.05. The first-order chi connectivity index (χ1) is 15.6. The Hall–Kier alpha value is -3.86. The molecule has 162 valence electrons. The maximum absolute atomic E-state index is 4.44. The molecule has 0 aliphatic heterocycles. The fourth-order valence-electron chi connectivity index (χ4n) is 3.67. The van der Waals surface area contributed by atoms with Crippen LogP contribution in [0.5, 0.6) is 0 Å². The molecule has 4 aromatic rings. The van der Waals surface area contributed by atoms with Gasteiger partial charge < -0.3 is 15.2 Å². The summed E-state index contributed by atoms with van der Waals surface area (Å²) in [5, 5.41) is 6.68. The lowest BCUT2D eigenvalue weighted by atomic mass is 10.0. The molecule has 0 bridgehead atoms. The van der Waals surface area contributed by atoms with E-state index in [1.165, 1.54) is 16.7 Å². The number of hydrogen-bond acceptors (Lipinski definition) is 4. The van der Waals surface area contributed by atoms with E-state index in [1.54, 1.807) is 0 Å². The summed E-state index contributed by atoms with van der Waals surface area (Å²) in [6.07, 6.45) is 9.50. The second-order valence-corrected chi connectivity index (χ2v) is 7.94. The Kier molecular flexibility index (Phi) is 6.66. The molecule has 4 rings (SSSR count). The lowest BCUT2D eigenvalue weighted by molar-refractivity contribution is 0.777. The molecule has 0 atom stereocenters. The fraction of sp³-hybridized carbons (Fsp3) is 0.185. The Labute approximate surface area is 189 Å². The van der Waals surface area contributed by atoms with Gasteiger partial charge in [0.2, 0.25) is 5.95 Å². The number of hydrogen-bond donors (Lipinski definition) is 2. The Balaban J connectivity index is 1.33. The molecular formula is C27H29N5. The van der Waals surface area contributed by atoms with Gasteiger partial charge in [-0.25, -0.2) is 9.97 Å². The molecule has 0 amide bonds. The monoisotopic (exact) mass is 423 g/mol. The third-order valence-corrected chi connectivity index (χ3v) is 5.47. The van der Waals surface area contributed by atoms with Crippen molar-refractivity contribution < 1.29 is 0 Å². The number of benzene rings is 2. The first kappa shape index (κ1) is 21.4. The SMILES string of the molecule is C=C(Cc1ccc(-c2cnc(Nc3ccn(C)c3)nc2)cc1)NCc1ccccc1CC. The highest BCUT2D eigenvalue weighted by molar-refractivity contribution is 5.63. The van der Waals surface area contributed by atoms with Crippen molar-refractivity contribution in [3.05, 3.63) is 108 Å². The lowest BCUT2D eigenvalue weighted by Crippen LogP contribution is -2.14. The molecule has 0 aliphatic rings. The molecule has 0 aliphatic carbocycles. The molecule has 2 aromatic heterocycles. The second-order valence-electron chi connectivity index (χ2n) is 7.94. The minimum atomic E-state index is 0.587. The van der Waals surface area contributed by atoms with E-state index in [1.807, 2.05) is 42.5 Å². The average molecular weight is 424 g/mol. The minimum absolute atomic E-state index is 0.587. The van der Waals surface area contributed by atoms with Crippen molar-refractivity contribution in [3.8, 4) is 11.1 Å². The van der Waals surface area contributed by atoms with E-state index in [4.69, 9.17) is 0 Å². The molecule has 0 saturated carbocycles. The molecule has 2 N–H and O–H groups in total. The second kappa shape index (κ2) is 9.96. The summed E-state index contributed by atoms with van der Waals surface area (Å²) in [5.41, 5.74) is 8.00. The summed E-state index contributed by atoms with van der Waals surface area (Å²) in [6.45, 7) is 7.20. The topological polar surface area (TPSA) is 54.8 Å². The highest BCUT2D eigenvalue weighted by atomic mass is 15.1. The van der Waals surface area contributed by atoms with Crippen LogP contribution in [0.15, 0.2) is 91.7 Å². The number of allylic oxidation sites excluding steroid dienone is 1. The summed E-state index contributed by atoms with van der Waals surface area (Å²) in [4.78, 5) is 8.88. The maximum atomic E-state index is 4.44. The van der Waals surface area contributed by atoms with Crippen molar-refractivity contribution >= 4 is 11.6 Å². The van der Waals surface area contributed by atoms with Crippen LogP contribution in [-0.4, -0.2) is 14.5 Å². The number of nitrogens with zero attached hydrogens (tertiary/aromatic N) is 3. The third kappa shape index (κ3) is 5.43. The van der Waals surface area contributed by atoms with Crippen molar-refractivity contribution in [2.24, 2.45) is 7.05 Å². The number of nitrogens with one attached hydrogen (secondary N) is 2. The van der Waals surface area contributed by atoms with Crippen molar-refractivity contribution in [1.29, 1.82) is 0 Å². The quantitative estimate of drug-likeness (QED) is 0.366. The fourth-order valence-corrected chi connectivity index (χ4v) is 3.67. The highest BCUT2D eigenvalue weighted by Crippen LogP contribution is 2.21. The molecule has 2 aromatic carbocycles. The van der Waals surface area contributed by atoms with E-state index in [0.29, 0.717) is 5.95 Å². The van der Waals surface area contributed by atoms with Crippen LogP contribution in [-0.2, 0) is 26.4 Å². The van der Waals surface area contributed by atoms with Gasteiger partial charge in [0, 0.05) is 56.1 Å². The summed E-state index contributed by atoms with van der Waals surface area (Å²) in [7, 11) is 1.98. The Morgan fingerprint density at radius 3 is 2.31 bits per heavy atom. The first-order valence-corrected chi connectivity index (χ1v) is 10.9. The summed E-state index contributed by atoms with van der Waals surface area (Å²) in [5.74, 6) is 0.587. The van der Waals surface area contributed by atoms with Gasteiger partial charge >= 0.3 is 0 Å². The predicted molar refractivity (Wildman–Crippen MR) is 132 cm³/mol. The molecular weight excluding hydrogens is 394 g/mol. The van der Waals surface area contributed by atoms with E-state index in [9.17, 15) is 0 Å². The number of rotatable bonds is 9. The number of aryl methyl sites for hydroxylation is 2. The molecule has 0 spiro atoms. The van der Waals surface area contributed by atoms with Gasteiger partial charge in [0.05, 0.1) is 5.69 Å². The Morgan fingerprint density at radius 1 is 0.938 bits per heavy atom. The van der Waals surface area contributed by atoms with Crippen LogP contribution in [0.25, 0.3) is 11.1 Å². The zero-order valence-electron chi connectivity index (χ0n) is 18.7. The van der Waals surface area contributed by atoms with Gasteiger partial charge in [0.1, 0.15) is 0 Å². The van der Waals surface area contributed by atoms with Gasteiger partial charge in [-0.3, -0.25) is 0 Å². The largest absolute Gasteiger partial charge is 0.384 e. The normalized spacial score (nSPS) is 10.7. The van der Waals surface area contributed by atoms with E-state index < -0.39 is 0 Å². The Bertz CT molecular complexity index is 1170. The summed E-state index contributed by atoms with van der Waals surface area (Å²) >= 11 is 0. The molecule has 0 fully saturated rings. The maximum Gasteiger partial charge on any atom is 0.227 e. The van der Waals surface area contributed by atoms with Crippen LogP contribution in [0.3, 0.4) is 0 Å². The van der Waals surface area contributed by atoms with E-state index in [-0.39, 0.29) is 0 Å². The lowest BCUT2D eigenvalue weighted by Gasteiger charge is -2.13. The molecule has 5 nitrogen and oxygen atoms in total. The smallest absolute Gasteiger partial charge is 0.227 e. The zero-order chi connectivity index (χ0) is 22.3. The van der Waals surface area contributed by atoms with Crippen LogP contribution in [0.2, 0.25) is 0 Å². The van der Waals surface area contributed by atoms with Gasteiger partial charge in [-0.1, -0.05) is 62.0 Å². The van der Waals surface area contributed by atoms with E-state index >= 15 is 0 Å². The molecule has 0 unspecified atom stereocenters. The van der Waals surface area contributed by atoms with E-state index in [2.05, 4.69) is 82.6 Å². The molecule has 5 heteroatoms. The van der Waals surface area contributed by atoms with Gasteiger partial charge in [-0.15, -0.1) is 0 Å². The predicted octanol–water partition coefficient (Wildman–Crippen LogP) is 5.63.